The maximum atomic E-state index is 12.5. The molecule has 3 rings (SSSR count). The second-order valence-corrected chi connectivity index (χ2v) is 9.39. The number of hydrogen-bond donors (Lipinski definition) is 3. The first-order chi connectivity index (χ1) is 16.7. The van der Waals surface area contributed by atoms with Crippen LogP contribution in [0.3, 0.4) is 0 Å². The summed E-state index contributed by atoms with van der Waals surface area (Å²) < 4.78 is 10.2. The number of hydrogen-bond acceptors (Lipinski definition) is 6. The van der Waals surface area contributed by atoms with Gasteiger partial charge in [-0.05, 0) is 37.2 Å². The summed E-state index contributed by atoms with van der Waals surface area (Å²) in [6, 6.07) is 8.13. The SMILES string of the molecule is C=C[C@H](C[C@@H]1C[C@@H]1NC(=O)[C@@H]1OC(=O)[C@H]1C(C)CC)NC(=O)[C@H](C)NC(=O)OCc1ccccc1. The van der Waals surface area contributed by atoms with E-state index >= 15 is 0 Å². The van der Waals surface area contributed by atoms with Crippen molar-refractivity contribution in [3.05, 3.63) is 48.6 Å². The fourth-order valence-electron chi connectivity index (χ4n) is 4.13. The number of ether oxygens (including phenoxy) is 2. The minimum Gasteiger partial charge on any atom is -0.451 e. The van der Waals surface area contributed by atoms with E-state index in [2.05, 4.69) is 22.5 Å². The van der Waals surface area contributed by atoms with Gasteiger partial charge in [0.25, 0.3) is 5.91 Å². The molecule has 1 saturated heterocycles. The molecule has 35 heavy (non-hydrogen) atoms. The summed E-state index contributed by atoms with van der Waals surface area (Å²) >= 11 is 0. The molecule has 1 saturated carbocycles. The average molecular weight is 486 g/mol. The third-order valence-corrected chi connectivity index (χ3v) is 6.72. The first-order valence-corrected chi connectivity index (χ1v) is 12.1. The molecule has 1 unspecified atom stereocenters. The van der Waals surface area contributed by atoms with E-state index in [1.54, 1.807) is 13.0 Å². The van der Waals surface area contributed by atoms with Crippen molar-refractivity contribution in [3.63, 3.8) is 0 Å². The Hall–Kier alpha value is -3.36. The topological polar surface area (TPSA) is 123 Å². The van der Waals surface area contributed by atoms with E-state index in [0.717, 1.165) is 18.4 Å². The number of esters is 1. The van der Waals surface area contributed by atoms with E-state index in [1.807, 2.05) is 44.2 Å². The second-order valence-electron chi connectivity index (χ2n) is 9.39. The van der Waals surface area contributed by atoms with Crippen LogP contribution in [0.15, 0.2) is 43.0 Å². The summed E-state index contributed by atoms with van der Waals surface area (Å²) in [5, 5.41) is 8.34. The molecule has 1 aromatic carbocycles. The number of rotatable bonds is 12. The van der Waals surface area contributed by atoms with Crippen molar-refractivity contribution in [1.29, 1.82) is 0 Å². The van der Waals surface area contributed by atoms with Gasteiger partial charge in [-0.1, -0.05) is 56.7 Å². The summed E-state index contributed by atoms with van der Waals surface area (Å²) in [6.45, 7) is 9.41. The van der Waals surface area contributed by atoms with Crippen LogP contribution in [0, 0.1) is 17.8 Å². The Morgan fingerprint density at radius 1 is 1.20 bits per heavy atom. The molecular weight excluding hydrogens is 450 g/mol. The molecule has 190 valence electrons. The summed E-state index contributed by atoms with van der Waals surface area (Å²) in [7, 11) is 0. The zero-order valence-corrected chi connectivity index (χ0v) is 20.5. The Kier molecular flexibility index (Phi) is 8.89. The van der Waals surface area contributed by atoms with Gasteiger partial charge in [0.05, 0.1) is 0 Å². The number of amides is 3. The van der Waals surface area contributed by atoms with Crippen LogP contribution in [0.25, 0.3) is 0 Å². The number of carbonyl (C=O) groups excluding carboxylic acids is 4. The molecule has 2 aliphatic rings. The Labute approximate surface area is 206 Å². The molecule has 1 aliphatic heterocycles. The van der Waals surface area contributed by atoms with Crippen molar-refractivity contribution in [2.45, 2.75) is 70.9 Å². The monoisotopic (exact) mass is 485 g/mol. The lowest BCUT2D eigenvalue weighted by atomic mass is 9.83. The Balaban J connectivity index is 1.37. The van der Waals surface area contributed by atoms with Crippen molar-refractivity contribution >= 4 is 23.9 Å². The standard InChI is InChI=1S/C26H35N3O6/c1-5-15(3)21-22(35-25(21)32)24(31)29-20-13-18(20)12-19(6-2)28-23(30)16(4)27-26(33)34-14-17-10-8-7-9-11-17/h6-11,15-16,18-22H,2,5,12-14H2,1,3-4H3,(H,27,33)(H,28,30)(H,29,31)/t15?,16-,18+,19+,20-,21-,22+/m0/s1. The van der Waals surface area contributed by atoms with E-state index in [1.165, 1.54) is 0 Å². The van der Waals surface area contributed by atoms with Crippen LogP contribution in [-0.4, -0.2) is 48.1 Å². The summed E-state index contributed by atoms with van der Waals surface area (Å²) in [5.41, 5.74) is 0.850. The van der Waals surface area contributed by atoms with Crippen LogP contribution in [0.2, 0.25) is 0 Å². The molecular formula is C26H35N3O6. The molecule has 3 N–H and O–H groups in total. The minimum atomic E-state index is -0.791. The second kappa shape index (κ2) is 11.9. The quantitative estimate of drug-likeness (QED) is 0.309. The Morgan fingerprint density at radius 3 is 2.54 bits per heavy atom. The van der Waals surface area contributed by atoms with Gasteiger partial charge < -0.3 is 25.4 Å². The van der Waals surface area contributed by atoms with Gasteiger partial charge >= 0.3 is 12.1 Å². The van der Waals surface area contributed by atoms with Crippen LogP contribution < -0.4 is 16.0 Å². The lowest BCUT2D eigenvalue weighted by Crippen LogP contribution is -2.56. The molecule has 3 amide bonds. The van der Waals surface area contributed by atoms with Crippen LogP contribution >= 0.6 is 0 Å². The molecule has 7 atom stereocenters. The smallest absolute Gasteiger partial charge is 0.408 e. The molecule has 1 heterocycles. The third kappa shape index (κ3) is 7.07. The fraction of sp³-hybridized carbons (Fsp3) is 0.538. The van der Waals surface area contributed by atoms with E-state index < -0.39 is 18.2 Å². The Morgan fingerprint density at radius 2 is 1.91 bits per heavy atom. The largest absolute Gasteiger partial charge is 0.451 e. The van der Waals surface area contributed by atoms with Crippen LogP contribution in [0.1, 0.15) is 45.6 Å². The van der Waals surface area contributed by atoms with E-state index in [0.29, 0.717) is 6.42 Å². The van der Waals surface area contributed by atoms with Gasteiger partial charge in [-0.25, -0.2) is 4.79 Å². The first kappa shape index (κ1) is 26.2. The van der Waals surface area contributed by atoms with Crippen molar-refractivity contribution < 1.29 is 28.7 Å². The highest BCUT2D eigenvalue weighted by molar-refractivity contribution is 5.94. The van der Waals surface area contributed by atoms with Crippen molar-refractivity contribution in [2.75, 3.05) is 0 Å². The highest BCUT2D eigenvalue weighted by atomic mass is 16.6. The van der Waals surface area contributed by atoms with Crippen LogP contribution in [0.4, 0.5) is 4.79 Å². The van der Waals surface area contributed by atoms with Crippen molar-refractivity contribution in [2.24, 2.45) is 17.8 Å². The molecule has 0 bridgehead atoms. The summed E-state index contributed by atoms with van der Waals surface area (Å²) in [4.78, 5) is 48.8. The maximum Gasteiger partial charge on any atom is 0.408 e. The highest BCUT2D eigenvalue weighted by Gasteiger charge is 2.51. The number of alkyl carbamates (subject to hydrolysis) is 1. The molecule has 0 spiro atoms. The molecule has 1 aliphatic carbocycles. The highest BCUT2D eigenvalue weighted by Crippen LogP contribution is 2.37. The zero-order chi connectivity index (χ0) is 25.5. The van der Waals surface area contributed by atoms with Gasteiger partial charge in [0.1, 0.15) is 18.6 Å². The van der Waals surface area contributed by atoms with Gasteiger partial charge in [-0.2, -0.15) is 0 Å². The average Bonchev–Trinajstić information content (AvgIpc) is 3.57. The Bertz CT molecular complexity index is 936. The van der Waals surface area contributed by atoms with Crippen LogP contribution in [-0.2, 0) is 30.5 Å². The maximum absolute atomic E-state index is 12.5. The number of carbonyl (C=O) groups is 4. The normalized spacial score (nSPS) is 25.1. The number of benzene rings is 1. The predicted molar refractivity (Wildman–Crippen MR) is 129 cm³/mol. The third-order valence-electron chi connectivity index (χ3n) is 6.72. The lowest BCUT2D eigenvalue weighted by Gasteiger charge is -2.37. The van der Waals surface area contributed by atoms with Gasteiger partial charge in [-0.15, -0.1) is 6.58 Å². The molecule has 2 fully saturated rings. The lowest BCUT2D eigenvalue weighted by molar-refractivity contribution is -0.193. The number of cyclic esters (lactones) is 1. The zero-order valence-electron chi connectivity index (χ0n) is 20.5. The molecule has 0 radical (unpaired) electrons. The van der Waals surface area contributed by atoms with Crippen molar-refractivity contribution in [3.8, 4) is 0 Å². The van der Waals surface area contributed by atoms with E-state index in [4.69, 9.17) is 9.47 Å². The molecule has 1 aromatic rings. The van der Waals surface area contributed by atoms with Gasteiger partial charge in [0.15, 0.2) is 6.10 Å². The summed E-state index contributed by atoms with van der Waals surface area (Å²) in [5.74, 6) is -1.04. The minimum absolute atomic E-state index is 0.0257. The van der Waals surface area contributed by atoms with Crippen LogP contribution in [0.5, 0.6) is 0 Å². The summed E-state index contributed by atoms with van der Waals surface area (Å²) in [6.07, 6.45) is 2.42. The van der Waals surface area contributed by atoms with Gasteiger partial charge in [0, 0.05) is 12.1 Å². The van der Waals surface area contributed by atoms with E-state index in [-0.39, 0.29) is 54.2 Å². The van der Waals surface area contributed by atoms with Gasteiger partial charge in [0.2, 0.25) is 5.91 Å². The van der Waals surface area contributed by atoms with Gasteiger partial charge in [-0.3, -0.25) is 14.4 Å². The first-order valence-electron chi connectivity index (χ1n) is 12.1. The molecule has 0 aromatic heterocycles. The van der Waals surface area contributed by atoms with Crippen molar-refractivity contribution in [1.82, 2.24) is 16.0 Å². The fourth-order valence-corrected chi connectivity index (χ4v) is 4.13. The number of nitrogens with one attached hydrogen (secondary N) is 3. The predicted octanol–water partition coefficient (Wildman–Crippen LogP) is 2.45. The molecule has 9 nitrogen and oxygen atoms in total. The molecule has 9 heteroatoms. The van der Waals surface area contributed by atoms with E-state index in [9.17, 15) is 19.2 Å².